The second kappa shape index (κ2) is 5.73. The maximum atomic E-state index is 6.33. The monoisotopic (exact) mass is 285 g/mol. The summed E-state index contributed by atoms with van der Waals surface area (Å²) in [6.07, 6.45) is 10.8. The number of hydrogen-bond acceptors (Lipinski definition) is 2. The summed E-state index contributed by atoms with van der Waals surface area (Å²) in [5.41, 5.74) is 3.19. The standard InChI is InChI=1S/C19H27NO/c1-4-10-17-15(7-1)12-13-20-19(17,16-8-2-3-9-16)18-11-5-6-14-21-18/h1,4,7,10,16,18,20H,2-3,5-6,8-9,11-14H2. The van der Waals surface area contributed by atoms with Gasteiger partial charge in [-0.15, -0.1) is 0 Å². The van der Waals surface area contributed by atoms with E-state index < -0.39 is 0 Å². The molecule has 2 aliphatic heterocycles. The summed E-state index contributed by atoms with van der Waals surface area (Å²) in [6, 6.07) is 9.13. The largest absolute Gasteiger partial charge is 0.376 e. The molecule has 2 heterocycles. The SMILES string of the molecule is c1ccc2c(c1)CCNC2(C1CCCC1)C1CCCCO1. The van der Waals surface area contributed by atoms with Gasteiger partial charge < -0.3 is 10.1 Å². The lowest BCUT2D eigenvalue weighted by molar-refractivity contribution is -0.0716. The van der Waals surface area contributed by atoms with Gasteiger partial charge in [-0.1, -0.05) is 37.1 Å². The summed E-state index contributed by atoms with van der Waals surface area (Å²) in [7, 11) is 0. The fourth-order valence-electron chi connectivity index (χ4n) is 5.04. The van der Waals surface area contributed by atoms with Crippen LogP contribution in [-0.2, 0) is 16.7 Å². The van der Waals surface area contributed by atoms with Gasteiger partial charge in [0.25, 0.3) is 0 Å². The first-order chi connectivity index (χ1) is 10.4. The van der Waals surface area contributed by atoms with Crippen LogP contribution >= 0.6 is 0 Å². The number of rotatable bonds is 2. The van der Waals surface area contributed by atoms with Crippen LogP contribution in [0, 0.1) is 5.92 Å². The highest BCUT2D eigenvalue weighted by Gasteiger charge is 2.50. The van der Waals surface area contributed by atoms with Crippen LogP contribution in [0.2, 0.25) is 0 Å². The molecule has 0 radical (unpaired) electrons. The molecule has 2 nitrogen and oxygen atoms in total. The van der Waals surface area contributed by atoms with Gasteiger partial charge in [-0.3, -0.25) is 0 Å². The molecule has 4 rings (SSSR count). The number of hydrogen-bond donors (Lipinski definition) is 1. The van der Waals surface area contributed by atoms with E-state index in [2.05, 4.69) is 29.6 Å². The zero-order chi connectivity index (χ0) is 14.1. The average Bonchev–Trinajstić information content (AvgIpc) is 3.10. The van der Waals surface area contributed by atoms with Gasteiger partial charge in [0.2, 0.25) is 0 Å². The van der Waals surface area contributed by atoms with Gasteiger partial charge in [0.05, 0.1) is 11.6 Å². The molecule has 0 aromatic heterocycles. The van der Waals surface area contributed by atoms with E-state index in [1.165, 1.54) is 44.9 Å². The lowest BCUT2D eigenvalue weighted by Gasteiger charge is -2.50. The van der Waals surface area contributed by atoms with Crippen LogP contribution in [0.25, 0.3) is 0 Å². The van der Waals surface area contributed by atoms with E-state index in [9.17, 15) is 0 Å². The van der Waals surface area contributed by atoms with E-state index in [0.717, 1.165) is 25.5 Å². The number of ether oxygens (including phenoxy) is 1. The van der Waals surface area contributed by atoms with Crippen molar-refractivity contribution >= 4 is 0 Å². The van der Waals surface area contributed by atoms with Gasteiger partial charge in [0, 0.05) is 13.2 Å². The van der Waals surface area contributed by atoms with Gasteiger partial charge in [-0.2, -0.15) is 0 Å². The molecule has 3 aliphatic rings. The highest BCUT2D eigenvalue weighted by Crippen LogP contribution is 2.48. The second-order valence-corrected chi connectivity index (χ2v) is 7.04. The molecule has 2 unspecified atom stereocenters. The van der Waals surface area contributed by atoms with Gasteiger partial charge in [0.1, 0.15) is 0 Å². The fraction of sp³-hybridized carbons (Fsp3) is 0.684. The minimum atomic E-state index is 0.0891. The summed E-state index contributed by atoms with van der Waals surface area (Å²) in [6.45, 7) is 2.05. The fourth-order valence-corrected chi connectivity index (χ4v) is 5.04. The second-order valence-electron chi connectivity index (χ2n) is 7.04. The van der Waals surface area contributed by atoms with E-state index >= 15 is 0 Å². The van der Waals surface area contributed by atoms with Crippen LogP contribution < -0.4 is 5.32 Å². The summed E-state index contributed by atoms with van der Waals surface area (Å²) < 4.78 is 6.33. The first kappa shape index (κ1) is 13.8. The van der Waals surface area contributed by atoms with Crippen LogP contribution in [0.4, 0.5) is 0 Å². The Bertz CT molecular complexity index is 488. The molecule has 21 heavy (non-hydrogen) atoms. The summed E-state index contributed by atoms with van der Waals surface area (Å²) in [5, 5.41) is 3.98. The summed E-state index contributed by atoms with van der Waals surface area (Å²) in [5.74, 6) is 0.752. The lowest BCUT2D eigenvalue weighted by Crippen LogP contribution is -2.60. The normalized spacial score (nSPS) is 33.8. The molecule has 1 aliphatic carbocycles. The van der Waals surface area contributed by atoms with E-state index in [1.54, 1.807) is 11.1 Å². The predicted molar refractivity (Wildman–Crippen MR) is 85.4 cm³/mol. The quantitative estimate of drug-likeness (QED) is 0.892. The van der Waals surface area contributed by atoms with Crippen molar-refractivity contribution in [2.75, 3.05) is 13.2 Å². The Morgan fingerprint density at radius 3 is 2.62 bits per heavy atom. The first-order valence-corrected chi connectivity index (χ1v) is 8.86. The van der Waals surface area contributed by atoms with Gasteiger partial charge in [0.15, 0.2) is 0 Å². The Kier molecular flexibility index (Phi) is 3.76. The molecule has 1 saturated heterocycles. The van der Waals surface area contributed by atoms with Crippen LogP contribution in [0.5, 0.6) is 0 Å². The van der Waals surface area contributed by atoms with Gasteiger partial charge in [-0.25, -0.2) is 0 Å². The number of nitrogens with one attached hydrogen (secondary N) is 1. The Morgan fingerprint density at radius 1 is 1.00 bits per heavy atom. The van der Waals surface area contributed by atoms with E-state index in [0.29, 0.717) is 6.10 Å². The minimum Gasteiger partial charge on any atom is -0.376 e. The topological polar surface area (TPSA) is 21.3 Å². The zero-order valence-corrected chi connectivity index (χ0v) is 12.9. The van der Waals surface area contributed by atoms with Crippen molar-refractivity contribution in [3.05, 3.63) is 35.4 Å². The summed E-state index contributed by atoms with van der Waals surface area (Å²) >= 11 is 0. The minimum absolute atomic E-state index is 0.0891. The van der Waals surface area contributed by atoms with Crippen molar-refractivity contribution in [1.82, 2.24) is 5.32 Å². The van der Waals surface area contributed by atoms with E-state index in [-0.39, 0.29) is 5.54 Å². The van der Waals surface area contributed by atoms with Gasteiger partial charge >= 0.3 is 0 Å². The average molecular weight is 285 g/mol. The van der Waals surface area contributed by atoms with E-state index in [1.807, 2.05) is 0 Å². The predicted octanol–water partition coefficient (Wildman–Crippen LogP) is 3.79. The highest BCUT2D eigenvalue weighted by molar-refractivity contribution is 5.39. The third-order valence-electron chi connectivity index (χ3n) is 5.96. The van der Waals surface area contributed by atoms with Crippen molar-refractivity contribution in [3.63, 3.8) is 0 Å². The molecule has 114 valence electrons. The Balaban J connectivity index is 1.80. The van der Waals surface area contributed by atoms with Crippen molar-refractivity contribution in [2.24, 2.45) is 5.92 Å². The number of benzene rings is 1. The molecule has 1 saturated carbocycles. The van der Waals surface area contributed by atoms with Crippen LogP contribution in [0.15, 0.2) is 24.3 Å². The molecular formula is C19H27NO. The van der Waals surface area contributed by atoms with Crippen LogP contribution in [-0.4, -0.2) is 19.3 Å². The Hall–Kier alpha value is -0.860. The molecule has 1 N–H and O–H groups in total. The van der Waals surface area contributed by atoms with E-state index in [4.69, 9.17) is 4.74 Å². The van der Waals surface area contributed by atoms with Crippen molar-refractivity contribution in [3.8, 4) is 0 Å². The Morgan fingerprint density at radius 2 is 1.81 bits per heavy atom. The van der Waals surface area contributed by atoms with Crippen LogP contribution in [0.3, 0.4) is 0 Å². The maximum Gasteiger partial charge on any atom is 0.0801 e. The highest BCUT2D eigenvalue weighted by atomic mass is 16.5. The smallest absolute Gasteiger partial charge is 0.0801 e. The number of fused-ring (bicyclic) bond motifs is 1. The maximum absolute atomic E-state index is 6.33. The Labute approximate surface area is 128 Å². The molecule has 1 aromatic carbocycles. The molecule has 1 aromatic rings. The first-order valence-electron chi connectivity index (χ1n) is 8.86. The third-order valence-corrected chi connectivity index (χ3v) is 5.96. The van der Waals surface area contributed by atoms with Crippen LogP contribution in [0.1, 0.15) is 56.1 Å². The molecule has 0 bridgehead atoms. The van der Waals surface area contributed by atoms with Crippen molar-refractivity contribution in [1.29, 1.82) is 0 Å². The van der Waals surface area contributed by atoms with Gasteiger partial charge in [-0.05, 0) is 55.6 Å². The molecule has 2 fully saturated rings. The molecule has 2 atom stereocenters. The summed E-state index contributed by atoms with van der Waals surface area (Å²) in [4.78, 5) is 0. The van der Waals surface area contributed by atoms with Crippen molar-refractivity contribution in [2.45, 2.75) is 63.0 Å². The molecule has 2 heteroatoms. The molecule has 0 spiro atoms. The molecule has 0 amide bonds. The third kappa shape index (κ3) is 2.24. The molecular weight excluding hydrogens is 258 g/mol. The zero-order valence-electron chi connectivity index (χ0n) is 12.9. The lowest BCUT2D eigenvalue weighted by atomic mass is 9.68. The van der Waals surface area contributed by atoms with Crippen molar-refractivity contribution < 1.29 is 4.74 Å².